The molecule has 10 heteroatoms. The van der Waals surface area contributed by atoms with Gasteiger partial charge in [-0.25, -0.2) is 4.79 Å². The first-order valence-corrected chi connectivity index (χ1v) is 13.4. The molecule has 0 bridgehead atoms. The first kappa shape index (κ1) is 28.6. The highest BCUT2D eigenvalue weighted by molar-refractivity contribution is 7.73. The Morgan fingerprint density at radius 2 is 1.68 bits per heavy atom. The van der Waals surface area contributed by atoms with Gasteiger partial charge < -0.3 is 19.9 Å². The number of carbonyl (C=O) groups is 1. The summed E-state index contributed by atoms with van der Waals surface area (Å²) < 4.78 is 35.6. The maximum Gasteiger partial charge on any atom is 0.408 e. The summed E-state index contributed by atoms with van der Waals surface area (Å²) in [7, 11) is -1.36. The lowest BCUT2D eigenvalue weighted by molar-refractivity contribution is 0.00225. The molecule has 37 heavy (non-hydrogen) atoms. The molecule has 1 amide bonds. The number of nitrogens with one attached hydrogen (secondary N) is 2. The van der Waals surface area contributed by atoms with Crippen molar-refractivity contribution in [3.63, 3.8) is 0 Å². The lowest BCUT2D eigenvalue weighted by Gasteiger charge is -2.40. The number of aliphatic hydroxyl groups is 1. The molecule has 3 rings (SSSR count). The van der Waals surface area contributed by atoms with E-state index in [4.69, 9.17) is 14.3 Å². The minimum atomic E-state index is -2.89. The monoisotopic (exact) mass is 532 g/mol. The third-order valence-corrected chi connectivity index (χ3v) is 6.84. The molecule has 202 valence electrons. The van der Waals surface area contributed by atoms with Crippen molar-refractivity contribution in [2.24, 2.45) is 0 Å². The number of hydrogen-bond acceptors (Lipinski definition) is 7. The van der Waals surface area contributed by atoms with Gasteiger partial charge in [-0.1, -0.05) is 55.3 Å². The zero-order chi connectivity index (χ0) is 27.1. The fourth-order valence-electron chi connectivity index (χ4n) is 4.39. The molecule has 0 spiro atoms. The molecule has 0 unspecified atom stereocenters. The van der Waals surface area contributed by atoms with Crippen molar-refractivity contribution in [2.45, 2.75) is 76.2 Å². The highest BCUT2D eigenvalue weighted by Crippen LogP contribution is 2.33. The number of hydrogen-bond donors (Lipinski definition) is 3. The van der Waals surface area contributed by atoms with Crippen molar-refractivity contribution in [1.82, 2.24) is 10.8 Å². The molecular formula is C27H36N2O7S. The summed E-state index contributed by atoms with van der Waals surface area (Å²) in [5.74, 6) is 0.559. The van der Waals surface area contributed by atoms with E-state index in [1.807, 2.05) is 30.3 Å². The maximum atomic E-state index is 13.1. The summed E-state index contributed by atoms with van der Waals surface area (Å²) in [4.78, 5) is 18.3. The van der Waals surface area contributed by atoms with E-state index < -0.39 is 38.6 Å². The van der Waals surface area contributed by atoms with E-state index >= 15 is 0 Å². The smallest absolute Gasteiger partial charge is 0.408 e. The van der Waals surface area contributed by atoms with Gasteiger partial charge in [0.2, 0.25) is 10.3 Å². The van der Waals surface area contributed by atoms with Crippen LogP contribution in [0, 0.1) is 0 Å². The van der Waals surface area contributed by atoms with Crippen molar-refractivity contribution in [3.8, 4) is 5.75 Å². The third kappa shape index (κ3) is 7.78. The molecule has 0 aliphatic heterocycles. The van der Waals surface area contributed by atoms with Crippen LogP contribution in [0.3, 0.4) is 0 Å². The Balaban J connectivity index is 2.13. The summed E-state index contributed by atoms with van der Waals surface area (Å²) in [6.07, 6.45) is 0.834. The minimum Gasteiger partial charge on any atom is -0.497 e. The maximum absolute atomic E-state index is 13.1. The van der Waals surface area contributed by atoms with E-state index in [0.29, 0.717) is 11.3 Å². The molecule has 2 aromatic rings. The topological polar surface area (TPSA) is 123 Å². The van der Waals surface area contributed by atoms with E-state index in [1.54, 1.807) is 45.0 Å². The van der Waals surface area contributed by atoms with Gasteiger partial charge >= 0.3 is 6.09 Å². The number of amides is 1. The SMILES string of the molecule is COc1ccc([C@](Cc2ccccc2)(NC(=O)OC(C)(C)C)[C@@H](O)C(NOC2CCCC2)=S(=O)=O)cc1. The molecule has 2 aromatic carbocycles. The average Bonchev–Trinajstić information content (AvgIpc) is 3.36. The van der Waals surface area contributed by atoms with Gasteiger partial charge in [-0.3, -0.25) is 4.84 Å². The van der Waals surface area contributed by atoms with E-state index in [1.165, 1.54) is 7.11 Å². The number of aliphatic hydroxyl groups excluding tert-OH is 1. The van der Waals surface area contributed by atoms with E-state index in [0.717, 1.165) is 31.2 Å². The van der Waals surface area contributed by atoms with Crippen LogP contribution in [0.4, 0.5) is 4.79 Å². The first-order valence-electron chi connectivity index (χ1n) is 12.3. The number of alkyl carbamates (subject to hydrolysis) is 1. The van der Waals surface area contributed by atoms with Gasteiger partial charge in [-0.05, 0) is 56.9 Å². The molecule has 0 saturated heterocycles. The minimum absolute atomic E-state index is 0.0480. The highest BCUT2D eigenvalue weighted by Gasteiger charge is 2.46. The zero-order valence-corrected chi connectivity index (χ0v) is 22.5. The number of rotatable bonds is 9. The van der Waals surface area contributed by atoms with Crippen LogP contribution >= 0.6 is 0 Å². The van der Waals surface area contributed by atoms with Gasteiger partial charge in [-0.2, -0.15) is 13.9 Å². The Labute approximate surface area is 219 Å². The molecule has 1 saturated carbocycles. The third-order valence-electron chi connectivity index (χ3n) is 6.18. The molecule has 0 radical (unpaired) electrons. The zero-order valence-electron chi connectivity index (χ0n) is 21.7. The van der Waals surface area contributed by atoms with Crippen molar-refractivity contribution >= 4 is 21.4 Å². The highest BCUT2D eigenvalue weighted by atomic mass is 32.2. The fraction of sp³-hybridized carbons (Fsp3) is 0.481. The van der Waals surface area contributed by atoms with Crippen molar-refractivity contribution in [1.29, 1.82) is 0 Å². The van der Waals surface area contributed by atoms with Crippen molar-refractivity contribution < 1.29 is 32.6 Å². The molecule has 1 fully saturated rings. The normalized spacial score (nSPS) is 16.5. The van der Waals surface area contributed by atoms with Crippen LogP contribution in [-0.4, -0.2) is 49.5 Å². The van der Waals surface area contributed by atoms with Crippen LogP contribution < -0.4 is 15.5 Å². The van der Waals surface area contributed by atoms with Gasteiger partial charge in [0, 0.05) is 6.42 Å². The molecule has 2 atom stereocenters. The van der Waals surface area contributed by atoms with Crippen LogP contribution in [-0.2, 0) is 31.8 Å². The van der Waals surface area contributed by atoms with E-state index in [9.17, 15) is 18.3 Å². The van der Waals surface area contributed by atoms with E-state index in [2.05, 4.69) is 10.8 Å². The second-order valence-corrected chi connectivity index (χ2v) is 11.0. The van der Waals surface area contributed by atoms with Gasteiger partial charge in [0.15, 0.2) is 4.99 Å². The summed E-state index contributed by atoms with van der Waals surface area (Å²) >= 11 is 0. The summed E-state index contributed by atoms with van der Waals surface area (Å²) in [6.45, 7) is 5.16. The van der Waals surface area contributed by atoms with Crippen LogP contribution in [0.25, 0.3) is 0 Å². The number of methoxy groups -OCH3 is 1. The average molecular weight is 533 g/mol. The summed E-state index contributed by atoms with van der Waals surface area (Å²) in [5.41, 5.74) is 1.22. The van der Waals surface area contributed by atoms with E-state index in [-0.39, 0.29) is 12.5 Å². The second kappa shape index (κ2) is 12.6. The molecule has 1 aliphatic rings. The lowest BCUT2D eigenvalue weighted by atomic mass is 9.79. The second-order valence-electron chi connectivity index (χ2n) is 10.1. The number of benzene rings is 2. The Kier molecular flexibility index (Phi) is 9.72. The predicted molar refractivity (Wildman–Crippen MR) is 141 cm³/mol. The molecule has 9 nitrogen and oxygen atoms in total. The number of hydroxylamine groups is 1. The summed E-state index contributed by atoms with van der Waals surface area (Å²) in [5, 5.41) is 14.6. The number of ether oxygens (including phenoxy) is 2. The first-order chi connectivity index (χ1) is 17.5. The Bertz CT molecular complexity index is 1160. The number of carbonyl (C=O) groups excluding carboxylic acids is 1. The predicted octanol–water partition coefficient (Wildman–Crippen LogP) is 3.49. The Morgan fingerprint density at radius 3 is 2.22 bits per heavy atom. The van der Waals surface area contributed by atoms with Crippen LogP contribution in [0.1, 0.15) is 57.6 Å². The van der Waals surface area contributed by atoms with Gasteiger partial charge in [0.05, 0.1) is 13.2 Å². The molecule has 1 aliphatic carbocycles. The van der Waals surface area contributed by atoms with Crippen LogP contribution in [0.15, 0.2) is 54.6 Å². The largest absolute Gasteiger partial charge is 0.497 e. The fourth-order valence-corrected chi connectivity index (χ4v) is 4.89. The summed E-state index contributed by atoms with van der Waals surface area (Å²) in [6, 6.07) is 15.9. The lowest BCUT2D eigenvalue weighted by Crippen LogP contribution is -2.61. The Hall–Kier alpha value is -2.92. The quantitative estimate of drug-likeness (QED) is 0.331. The van der Waals surface area contributed by atoms with Gasteiger partial charge in [-0.15, -0.1) is 0 Å². The molecular weight excluding hydrogens is 496 g/mol. The van der Waals surface area contributed by atoms with Crippen LogP contribution in [0.2, 0.25) is 0 Å². The molecule has 0 aromatic heterocycles. The van der Waals surface area contributed by atoms with Crippen LogP contribution in [0.5, 0.6) is 5.75 Å². The van der Waals surface area contributed by atoms with Crippen molar-refractivity contribution in [3.05, 3.63) is 65.7 Å². The van der Waals surface area contributed by atoms with Gasteiger partial charge in [0.1, 0.15) is 23.0 Å². The van der Waals surface area contributed by atoms with Gasteiger partial charge in [0.25, 0.3) is 0 Å². The Morgan fingerprint density at radius 1 is 1.05 bits per heavy atom. The van der Waals surface area contributed by atoms with Crippen molar-refractivity contribution in [2.75, 3.05) is 7.11 Å². The molecule has 0 heterocycles. The standard InChI is InChI=1S/C27H36N2O7S/c1-26(2,3)35-25(31)28-27(18-19-10-6-5-7-11-19,20-14-16-21(34-4)17-15-20)23(30)24(37(32)33)29-36-22-12-8-9-13-22/h5-7,10-11,14-17,22-23,29-30H,8-9,12-13,18H2,1-4H3,(H,28,31)/t23-,27-/m0/s1. The molecule has 3 N–H and O–H groups in total.